The average molecular weight is 297 g/mol. The monoisotopic (exact) mass is 297 g/mol. The molecule has 0 aliphatic carbocycles. The molecule has 2 rings (SSSR count). The van der Waals surface area contributed by atoms with Crippen molar-refractivity contribution in [1.29, 1.82) is 0 Å². The fourth-order valence-electron chi connectivity index (χ4n) is 1.95. The van der Waals surface area contributed by atoms with E-state index >= 15 is 0 Å². The van der Waals surface area contributed by atoms with Gasteiger partial charge in [0.1, 0.15) is 17.7 Å². The van der Waals surface area contributed by atoms with Crippen LogP contribution in [0.4, 0.5) is 4.39 Å². The van der Waals surface area contributed by atoms with Gasteiger partial charge in [0.05, 0.1) is 6.54 Å². The SMILES string of the molecule is O=C(O)C(CNC(=O)[C@@H]1CCCO1)Oc1ccc(F)cc1. The van der Waals surface area contributed by atoms with Crippen LogP contribution < -0.4 is 10.1 Å². The molecule has 0 bridgehead atoms. The maximum absolute atomic E-state index is 12.8. The van der Waals surface area contributed by atoms with Gasteiger partial charge in [-0.15, -0.1) is 0 Å². The van der Waals surface area contributed by atoms with Crippen molar-refractivity contribution in [2.24, 2.45) is 0 Å². The zero-order valence-corrected chi connectivity index (χ0v) is 11.3. The summed E-state index contributed by atoms with van der Waals surface area (Å²) >= 11 is 0. The number of halogens is 1. The number of amides is 1. The van der Waals surface area contributed by atoms with Gasteiger partial charge in [-0.3, -0.25) is 4.79 Å². The van der Waals surface area contributed by atoms with E-state index in [9.17, 15) is 14.0 Å². The van der Waals surface area contributed by atoms with Crippen LogP contribution in [0.3, 0.4) is 0 Å². The molecule has 1 aromatic rings. The fraction of sp³-hybridized carbons (Fsp3) is 0.429. The van der Waals surface area contributed by atoms with Crippen molar-refractivity contribution in [3.05, 3.63) is 30.1 Å². The predicted octanol–water partition coefficient (Wildman–Crippen LogP) is 0.953. The number of nitrogens with one attached hydrogen (secondary N) is 1. The number of carboxylic acid groups (broad SMARTS) is 1. The normalized spacial score (nSPS) is 19.0. The molecule has 6 nitrogen and oxygen atoms in total. The number of carbonyl (C=O) groups excluding carboxylic acids is 1. The fourth-order valence-corrected chi connectivity index (χ4v) is 1.95. The summed E-state index contributed by atoms with van der Waals surface area (Å²) in [6.45, 7) is 0.345. The minimum atomic E-state index is -1.25. The largest absolute Gasteiger partial charge is 0.478 e. The molecule has 2 N–H and O–H groups in total. The summed E-state index contributed by atoms with van der Waals surface area (Å²) in [5.41, 5.74) is 0. The molecule has 7 heteroatoms. The summed E-state index contributed by atoms with van der Waals surface area (Å²) in [7, 11) is 0. The third-order valence-corrected chi connectivity index (χ3v) is 3.05. The Labute approximate surface area is 120 Å². The molecule has 1 fully saturated rings. The highest BCUT2D eigenvalue weighted by Gasteiger charge is 2.26. The van der Waals surface area contributed by atoms with Crippen LogP contribution in [-0.2, 0) is 14.3 Å². The average Bonchev–Trinajstić information content (AvgIpc) is 2.99. The summed E-state index contributed by atoms with van der Waals surface area (Å²) < 4.78 is 23.2. The zero-order valence-electron chi connectivity index (χ0n) is 11.3. The molecular formula is C14H16FNO5. The maximum atomic E-state index is 12.8. The van der Waals surface area contributed by atoms with Crippen molar-refractivity contribution in [3.8, 4) is 5.75 Å². The second kappa shape index (κ2) is 7.03. The van der Waals surface area contributed by atoms with E-state index in [4.69, 9.17) is 14.6 Å². The van der Waals surface area contributed by atoms with E-state index in [1.54, 1.807) is 0 Å². The lowest BCUT2D eigenvalue weighted by Gasteiger charge is -2.17. The van der Waals surface area contributed by atoms with E-state index in [-0.39, 0.29) is 18.2 Å². The highest BCUT2D eigenvalue weighted by molar-refractivity contribution is 5.82. The number of hydrogen-bond acceptors (Lipinski definition) is 4. The van der Waals surface area contributed by atoms with Crippen LogP contribution in [0.5, 0.6) is 5.75 Å². The highest BCUT2D eigenvalue weighted by Crippen LogP contribution is 2.14. The molecule has 0 saturated carbocycles. The van der Waals surface area contributed by atoms with E-state index in [2.05, 4.69) is 5.32 Å². The van der Waals surface area contributed by atoms with Crippen LogP contribution >= 0.6 is 0 Å². The van der Waals surface area contributed by atoms with Crippen molar-refractivity contribution in [2.45, 2.75) is 25.0 Å². The highest BCUT2D eigenvalue weighted by atomic mass is 19.1. The molecule has 1 unspecified atom stereocenters. The van der Waals surface area contributed by atoms with E-state index in [0.717, 1.165) is 6.42 Å². The Bertz CT molecular complexity index is 499. The van der Waals surface area contributed by atoms with E-state index in [0.29, 0.717) is 13.0 Å². The number of rotatable bonds is 6. The molecule has 1 aliphatic rings. The first-order chi connectivity index (χ1) is 10.1. The molecule has 1 aliphatic heterocycles. The van der Waals surface area contributed by atoms with Crippen molar-refractivity contribution < 1.29 is 28.6 Å². The summed E-state index contributed by atoms with van der Waals surface area (Å²) in [6.07, 6.45) is -0.333. The van der Waals surface area contributed by atoms with Gasteiger partial charge in [0, 0.05) is 6.61 Å². The molecule has 1 saturated heterocycles. The molecule has 1 amide bonds. The Hall–Kier alpha value is -2.15. The van der Waals surface area contributed by atoms with Crippen molar-refractivity contribution >= 4 is 11.9 Å². The van der Waals surface area contributed by atoms with Crippen LogP contribution in [0, 0.1) is 5.82 Å². The Balaban J connectivity index is 1.88. The van der Waals surface area contributed by atoms with Crippen molar-refractivity contribution in [3.63, 3.8) is 0 Å². The second-order valence-electron chi connectivity index (χ2n) is 4.65. The van der Waals surface area contributed by atoms with Crippen LogP contribution in [0.15, 0.2) is 24.3 Å². The van der Waals surface area contributed by atoms with Gasteiger partial charge < -0.3 is 19.9 Å². The third-order valence-electron chi connectivity index (χ3n) is 3.05. The first-order valence-electron chi connectivity index (χ1n) is 6.60. The van der Waals surface area contributed by atoms with Gasteiger partial charge >= 0.3 is 5.97 Å². The number of aliphatic carboxylic acids is 1. The first kappa shape index (κ1) is 15.2. The number of hydrogen-bond donors (Lipinski definition) is 2. The molecule has 0 aromatic heterocycles. The summed E-state index contributed by atoms with van der Waals surface area (Å²) in [4.78, 5) is 22.9. The van der Waals surface area contributed by atoms with Crippen molar-refractivity contribution in [1.82, 2.24) is 5.32 Å². The number of carbonyl (C=O) groups is 2. The van der Waals surface area contributed by atoms with Gasteiger partial charge in [0.2, 0.25) is 12.0 Å². The molecule has 0 spiro atoms. The van der Waals surface area contributed by atoms with Gasteiger partial charge in [-0.1, -0.05) is 0 Å². The minimum absolute atomic E-state index is 0.189. The minimum Gasteiger partial charge on any atom is -0.478 e. The van der Waals surface area contributed by atoms with Crippen LogP contribution in [0.2, 0.25) is 0 Å². The third kappa shape index (κ3) is 4.42. The first-order valence-corrected chi connectivity index (χ1v) is 6.60. The quantitative estimate of drug-likeness (QED) is 0.816. The molecular weight excluding hydrogens is 281 g/mol. The molecule has 2 atom stereocenters. The van der Waals surface area contributed by atoms with E-state index in [1.807, 2.05) is 0 Å². The molecule has 1 heterocycles. The topological polar surface area (TPSA) is 84.9 Å². The lowest BCUT2D eigenvalue weighted by atomic mass is 10.2. The Morgan fingerprint density at radius 2 is 2.14 bits per heavy atom. The Kier molecular flexibility index (Phi) is 5.10. The summed E-state index contributed by atoms with van der Waals surface area (Å²) in [5.74, 6) is -1.79. The molecule has 1 aromatic carbocycles. The lowest BCUT2D eigenvalue weighted by Crippen LogP contribution is -2.43. The predicted molar refractivity (Wildman–Crippen MR) is 70.4 cm³/mol. The zero-order chi connectivity index (χ0) is 15.2. The van der Waals surface area contributed by atoms with Gasteiger partial charge in [-0.2, -0.15) is 0 Å². The van der Waals surface area contributed by atoms with Gasteiger partial charge in [-0.05, 0) is 37.1 Å². The Morgan fingerprint density at radius 3 is 2.71 bits per heavy atom. The molecule has 21 heavy (non-hydrogen) atoms. The number of benzene rings is 1. The molecule has 0 radical (unpaired) electrons. The van der Waals surface area contributed by atoms with Gasteiger partial charge in [0.25, 0.3) is 0 Å². The summed E-state index contributed by atoms with van der Waals surface area (Å²) in [5, 5.41) is 11.6. The standard InChI is InChI=1S/C14H16FNO5/c15-9-3-5-10(6-4-9)21-12(14(18)19)8-16-13(17)11-2-1-7-20-11/h3-6,11-12H,1-2,7-8H2,(H,16,17)(H,18,19)/t11-,12?/m0/s1. The summed E-state index contributed by atoms with van der Waals surface area (Å²) in [6, 6.07) is 4.98. The van der Waals surface area contributed by atoms with E-state index in [1.165, 1.54) is 24.3 Å². The van der Waals surface area contributed by atoms with Crippen molar-refractivity contribution in [2.75, 3.05) is 13.2 Å². The second-order valence-corrected chi connectivity index (χ2v) is 4.65. The smallest absolute Gasteiger partial charge is 0.346 e. The molecule has 114 valence electrons. The maximum Gasteiger partial charge on any atom is 0.346 e. The van der Waals surface area contributed by atoms with Crippen LogP contribution in [-0.4, -0.2) is 42.3 Å². The van der Waals surface area contributed by atoms with Crippen LogP contribution in [0.25, 0.3) is 0 Å². The Morgan fingerprint density at radius 1 is 1.43 bits per heavy atom. The van der Waals surface area contributed by atoms with Crippen LogP contribution in [0.1, 0.15) is 12.8 Å². The van der Waals surface area contributed by atoms with Gasteiger partial charge in [0.15, 0.2) is 0 Å². The number of carboxylic acids is 1. The van der Waals surface area contributed by atoms with E-state index < -0.39 is 24.0 Å². The number of ether oxygens (including phenoxy) is 2. The van der Waals surface area contributed by atoms with Gasteiger partial charge in [-0.25, -0.2) is 9.18 Å². The lowest BCUT2D eigenvalue weighted by molar-refractivity contribution is -0.145.